The van der Waals surface area contributed by atoms with E-state index in [9.17, 15) is 4.79 Å². The van der Waals surface area contributed by atoms with Crippen LogP contribution in [0.3, 0.4) is 0 Å². The Morgan fingerprint density at radius 2 is 1.73 bits per heavy atom. The van der Waals surface area contributed by atoms with Gasteiger partial charge in [-0.2, -0.15) is 0 Å². The lowest BCUT2D eigenvalue weighted by atomic mass is 10.1. The molecule has 3 heteroatoms. The molecule has 0 atom stereocenters. The maximum absolute atomic E-state index is 10.8. The van der Waals surface area contributed by atoms with Gasteiger partial charge >= 0.3 is 0 Å². The van der Waals surface area contributed by atoms with E-state index in [1.165, 1.54) is 0 Å². The van der Waals surface area contributed by atoms with Gasteiger partial charge in [0, 0.05) is 11.1 Å². The molecule has 0 aromatic heterocycles. The second-order valence-electron chi connectivity index (χ2n) is 4.44. The Kier molecular flexibility index (Phi) is 3.33. The fourth-order valence-corrected chi connectivity index (χ4v) is 1.50. The van der Waals surface area contributed by atoms with Crippen LogP contribution in [0.2, 0.25) is 19.6 Å². The van der Waals surface area contributed by atoms with E-state index in [1.54, 1.807) is 12.1 Å². The highest BCUT2D eigenvalue weighted by molar-refractivity contribution is 6.83. The second kappa shape index (κ2) is 4.33. The zero-order chi connectivity index (χ0) is 11.5. The molecule has 0 aliphatic carbocycles. The molecule has 1 aromatic carbocycles. The molecule has 0 aliphatic rings. The van der Waals surface area contributed by atoms with Gasteiger partial charge in [0.2, 0.25) is 5.91 Å². The monoisotopic (exact) mass is 217 g/mol. The third-order valence-corrected chi connectivity index (χ3v) is 2.63. The molecule has 0 unspecified atom stereocenters. The van der Waals surface area contributed by atoms with Crippen molar-refractivity contribution >= 4 is 14.0 Å². The molecular formula is C12H15NOSi. The summed E-state index contributed by atoms with van der Waals surface area (Å²) in [4.78, 5) is 10.8. The number of rotatable bonds is 1. The number of carbonyl (C=O) groups excluding carboxylic acids is 1. The Hall–Kier alpha value is -1.53. The highest BCUT2D eigenvalue weighted by Gasteiger charge is 2.07. The topological polar surface area (TPSA) is 43.1 Å². The van der Waals surface area contributed by atoms with Crippen molar-refractivity contribution in [2.75, 3.05) is 0 Å². The molecule has 0 saturated carbocycles. The summed E-state index contributed by atoms with van der Waals surface area (Å²) in [5, 5.41) is 0. The highest BCUT2D eigenvalue weighted by atomic mass is 28.3. The lowest BCUT2D eigenvalue weighted by Crippen LogP contribution is -2.16. The average molecular weight is 217 g/mol. The molecule has 0 aliphatic heterocycles. The molecule has 78 valence electrons. The highest BCUT2D eigenvalue weighted by Crippen LogP contribution is 2.03. The van der Waals surface area contributed by atoms with Gasteiger partial charge in [0.15, 0.2) is 0 Å². The first-order valence-corrected chi connectivity index (χ1v) is 8.31. The Morgan fingerprint density at radius 3 is 2.13 bits per heavy atom. The quantitative estimate of drug-likeness (QED) is 0.567. The van der Waals surface area contributed by atoms with E-state index in [4.69, 9.17) is 5.73 Å². The van der Waals surface area contributed by atoms with E-state index in [2.05, 4.69) is 31.1 Å². The van der Waals surface area contributed by atoms with Crippen LogP contribution in [0, 0.1) is 11.5 Å². The van der Waals surface area contributed by atoms with Gasteiger partial charge in [-0.3, -0.25) is 4.79 Å². The van der Waals surface area contributed by atoms with Crippen LogP contribution in [0.15, 0.2) is 24.3 Å². The van der Waals surface area contributed by atoms with Gasteiger partial charge in [0.05, 0.1) is 0 Å². The molecule has 15 heavy (non-hydrogen) atoms. The predicted octanol–water partition coefficient (Wildman–Crippen LogP) is 2.01. The number of hydrogen-bond acceptors (Lipinski definition) is 1. The molecule has 0 radical (unpaired) electrons. The van der Waals surface area contributed by atoms with Crippen molar-refractivity contribution in [1.82, 2.24) is 0 Å². The molecule has 2 nitrogen and oxygen atoms in total. The summed E-state index contributed by atoms with van der Waals surface area (Å²) in [5.74, 6) is 2.71. The molecule has 0 spiro atoms. The summed E-state index contributed by atoms with van der Waals surface area (Å²) in [6.07, 6.45) is 0. The predicted molar refractivity (Wildman–Crippen MR) is 65.2 cm³/mol. The molecule has 2 N–H and O–H groups in total. The van der Waals surface area contributed by atoms with Gasteiger partial charge in [-0.1, -0.05) is 25.6 Å². The van der Waals surface area contributed by atoms with Gasteiger partial charge in [0.1, 0.15) is 8.07 Å². The zero-order valence-electron chi connectivity index (χ0n) is 9.29. The Morgan fingerprint density at radius 1 is 1.20 bits per heavy atom. The van der Waals surface area contributed by atoms with Gasteiger partial charge in [-0.05, 0) is 24.3 Å². The van der Waals surface area contributed by atoms with Gasteiger partial charge in [-0.15, -0.1) is 5.54 Å². The van der Waals surface area contributed by atoms with Crippen LogP contribution >= 0.6 is 0 Å². The summed E-state index contributed by atoms with van der Waals surface area (Å²) in [7, 11) is -1.33. The molecule has 1 amide bonds. The first-order chi connectivity index (χ1) is 6.88. The van der Waals surface area contributed by atoms with Crippen LogP contribution in [-0.4, -0.2) is 14.0 Å². The standard InChI is InChI=1S/C12H15NOSi/c1-15(2,3)9-8-10-4-6-11(7-5-10)12(13)14/h4-7H,1-3H3,(H2,13,14). The Labute approximate surface area is 91.5 Å². The van der Waals surface area contributed by atoms with Crippen molar-refractivity contribution < 1.29 is 4.79 Å². The third kappa shape index (κ3) is 4.01. The molecule has 1 aromatic rings. The SMILES string of the molecule is C[Si](C)(C)C#Cc1ccc(C(N)=O)cc1. The van der Waals surface area contributed by atoms with E-state index in [0.29, 0.717) is 5.56 Å². The number of primary amides is 1. The lowest BCUT2D eigenvalue weighted by molar-refractivity contribution is 0.100. The normalized spacial score (nSPS) is 10.3. The molecule has 1 rings (SSSR count). The Bertz CT molecular complexity index is 418. The summed E-state index contributed by atoms with van der Waals surface area (Å²) >= 11 is 0. The number of amides is 1. The summed E-state index contributed by atoms with van der Waals surface area (Å²) < 4.78 is 0. The molecule has 0 saturated heterocycles. The van der Waals surface area contributed by atoms with Crippen LogP contribution in [0.5, 0.6) is 0 Å². The van der Waals surface area contributed by atoms with E-state index in [0.717, 1.165) is 5.56 Å². The van der Waals surface area contributed by atoms with Crippen LogP contribution < -0.4 is 5.73 Å². The number of carbonyl (C=O) groups is 1. The Balaban J connectivity index is 2.89. The molecule has 0 fully saturated rings. The fraction of sp³-hybridized carbons (Fsp3) is 0.250. The maximum atomic E-state index is 10.8. The van der Waals surface area contributed by atoms with Crippen molar-refractivity contribution in [3.8, 4) is 11.5 Å². The summed E-state index contributed by atoms with van der Waals surface area (Å²) in [6, 6.07) is 7.06. The van der Waals surface area contributed by atoms with Crippen molar-refractivity contribution in [3.63, 3.8) is 0 Å². The van der Waals surface area contributed by atoms with Gasteiger partial charge < -0.3 is 5.73 Å². The fourth-order valence-electron chi connectivity index (χ4n) is 0.977. The van der Waals surface area contributed by atoms with Gasteiger partial charge in [0.25, 0.3) is 0 Å². The minimum absolute atomic E-state index is 0.403. The van der Waals surface area contributed by atoms with Crippen LogP contribution in [0.4, 0.5) is 0 Å². The van der Waals surface area contributed by atoms with E-state index in [1.807, 2.05) is 12.1 Å². The number of benzene rings is 1. The molecule has 0 bridgehead atoms. The van der Waals surface area contributed by atoms with Crippen LogP contribution in [-0.2, 0) is 0 Å². The van der Waals surface area contributed by atoms with E-state index >= 15 is 0 Å². The van der Waals surface area contributed by atoms with E-state index in [-0.39, 0.29) is 0 Å². The minimum atomic E-state index is -1.33. The smallest absolute Gasteiger partial charge is 0.248 e. The number of nitrogens with two attached hydrogens (primary N) is 1. The number of hydrogen-bond donors (Lipinski definition) is 1. The summed E-state index contributed by atoms with van der Waals surface area (Å²) in [5.41, 5.74) is 9.85. The van der Waals surface area contributed by atoms with Crippen LogP contribution in [0.1, 0.15) is 15.9 Å². The van der Waals surface area contributed by atoms with Crippen LogP contribution in [0.25, 0.3) is 0 Å². The zero-order valence-corrected chi connectivity index (χ0v) is 10.3. The first-order valence-electron chi connectivity index (χ1n) is 4.81. The summed E-state index contributed by atoms with van der Waals surface area (Å²) in [6.45, 7) is 6.58. The molecular weight excluding hydrogens is 202 g/mol. The van der Waals surface area contributed by atoms with Gasteiger partial charge in [-0.25, -0.2) is 0 Å². The van der Waals surface area contributed by atoms with E-state index < -0.39 is 14.0 Å². The average Bonchev–Trinajstić information content (AvgIpc) is 2.14. The van der Waals surface area contributed by atoms with Crippen molar-refractivity contribution in [2.24, 2.45) is 5.73 Å². The maximum Gasteiger partial charge on any atom is 0.248 e. The molecule has 0 heterocycles. The minimum Gasteiger partial charge on any atom is -0.366 e. The van der Waals surface area contributed by atoms with Crippen molar-refractivity contribution in [3.05, 3.63) is 35.4 Å². The van der Waals surface area contributed by atoms with Crippen molar-refractivity contribution in [1.29, 1.82) is 0 Å². The lowest BCUT2D eigenvalue weighted by Gasteiger charge is -2.03. The second-order valence-corrected chi connectivity index (χ2v) is 9.19. The van der Waals surface area contributed by atoms with Crippen molar-refractivity contribution in [2.45, 2.75) is 19.6 Å². The largest absolute Gasteiger partial charge is 0.366 e. The third-order valence-electron chi connectivity index (χ3n) is 1.75. The first kappa shape index (κ1) is 11.5.